The van der Waals surface area contributed by atoms with Crippen LogP contribution in [0.15, 0.2) is 0 Å². The molecule has 0 aliphatic rings. The van der Waals surface area contributed by atoms with E-state index in [2.05, 4.69) is 38.3 Å². The maximum absolute atomic E-state index is 12.5. The molecule has 0 aromatic carbocycles. The predicted molar refractivity (Wildman–Crippen MR) is 135 cm³/mol. The van der Waals surface area contributed by atoms with Crippen LogP contribution in [0.1, 0.15) is 105 Å². The Labute approximate surface area is 206 Å². The summed E-state index contributed by atoms with van der Waals surface area (Å²) in [7, 11) is 0. The smallest absolute Gasteiger partial charge is 0.303 e. The van der Waals surface area contributed by atoms with Crippen molar-refractivity contribution >= 4 is 23.7 Å². The molecule has 0 heterocycles. The second-order valence-electron chi connectivity index (χ2n) is 9.11. The van der Waals surface area contributed by atoms with Crippen molar-refractivity contribution in [2.24, 2.45) is 11.8 Å². The molecule has 0 aliphatic heterocycles. The number of rotatable bonds is 21. The van der Waals surface area contributed by atoms with Crippen LogP contribution in [0.3, 0.4) is 0 Å². The van der Waals surface area contributed by atoms with Crippen molar-refractivity contribution in [3.8, 4) is 0 Å². The zero-order chi connectivity index (χ0) is 25.8. The molecule has 0 rings (SSSR count). The average Bonchev–Trinajstić information content (AvgIpc) is 2.80. The lowest BCUT2D eigenvalue weighted by molar-refractivity contribution is -0.141. The van der Waals surface area contributed by atoms with Crippen molar-refractivity contribution in [3.05, 3.63) is 0 Å². The van der Waals surface area contributed by atoms with Crippen molar-refractivity contribution < 1.29 is 24.3 Å². The largest absolute Gasteiger partial charge is 0.481 e. The molecule has 3 amide bonds. The van der Waals surface area contributed by atoms with Gasteiger partial charge in [0.1, 0.15) is 0 Å². The van der Waals surface area contributed by atoms with Crippen molar-refractivity contribution in [1.29, 1.82) is 0 Å². The van der Waals surface area contributed by atoms with Gasteiger partial charge in [-0.2, -0.15) is 0 Å². The lowest BCUT2D eigenvalue weighted by Gasteiger charge is -2.23. The first-order valence-electron chi connectivity index (χ1n) is 13.3. The molecule has 8 nitrogen and oxygen atoms in total. The van der Waals surface area contributed by atoms with Crippen LogP contribution < -0.4 is 10.6 Å². The average molecular weight is 484 g/mol. The van der Waals surface area contributed by atoms with Crippen molar-refractivity contribution in [2.45, 2.75) is 105 Å². The Kier molecular flexibility index (Phi) is 19.0. The van der Waals surface area contributed by atoms with Gasteiger partial charge in [0.25, 0.3) is 0 Å². The van der Waals surface area contributed by atoms with Gasteiger partial charge in [0.15, 0.2) is 0 Å². The normalized spacial score (nSPS) is 11.0. The Bertz CT molecular complexity index is 549. The summed E-state index contributed by atoms with van der Waals surface area (Å²) in [6.07, 6.45) is 8.36. The van der Waals surface area contributed by atoms with Gasteiger partial charge in [0, 0.05) is 44.4 Å². The van der Waals surface area contributed by atoms with Gasteiger partial charge in [-0.1, -0.05) is 53.4 Å². The third-order valence-electron chi connectivity index (χ3n) is 6.00. The van der Waals surface area contributed by atoms with E-state index in [9.17, 15) is 19.2 Å². The number of carboxylic acid groups (broad SMARTS) is 1. The number of amides is 3. The molecule has 8 heteroatoms. The fourth-order valence-corrected chi connectivity index (χ4v) is 4.19. The zero-order valence-electron chi connectivity index (χ0n) is 22.0. The molecule has 0 aromatic heterocycles. The molecule has 0 aliphatic carbocycles. The van der Waals surface area contributed by atoms with Gasteiger partial charge in [0.05, 0.1) is 6.42 Å². The molecule has 0 unspecified atom stereocenters. The van der Waals surface area contributed by atoms with Crippen LogP contribution in [0.5, 0.6) is 0 Å². The lowest BCUT2D eigenvalue weighted by atomic mass is 9.97. The first-order valence-corrected chi connectivity index (χ1v) is 13.3. The number of aliphatic carboxylic acids is 1. The second kappa shape index (κ2) is 20.3. The molecule has 0 bridgehead atoms. The quantitative estimate of drug-likeness (QED) is 0.212. The highest BCUT2D eigenvalue weighted by atomic mass is 16.4. The summed E-state index contributed by atoms with van der Waals surface area (Å²) in [5, 5.41) is 14.9. The van der Waals surface area contributed by atoms with Gasteiger partial charge in [-0.15, -0.1) is 0 Å². The van der Waals surface area contributed by atoms with Gasteiger partial charge in [-0.3, -0.25) is 19.2 Å². The van der Waals surface area contributed by atoms with Crippen LogP contribution in [0.2, 0.25) is 0 Å². The molecule has 0 fully saturated rings. The van der Waals surface area contributed by atoms with E-state index in [0.717, 1.165) is 51.4 Å². The number of hydrogen-bond acceptors (Lipinski definition) is 4. The first kappa shape index (κ1) is 31.9. The van der Waals surface area contributed by atoms with Crippen molar-refractivity contribution in [1.82, 2.24) is 15.5 Å². The molecule has 3 N–H and O–H groups in total. The molecular formula is C26H49N3O5. The standard InChI is InChI=1S/C26H49N3O5/c1-5-11-21(12-6-2)25(33)27-17-9-19-29(23(30)15-16-24(31)32)20-10-18-28-26(34)22(13-7-3)14-8-4/h21-22H,5-20H2,1-4H3,(H,27,33)(H,28,34)(H,31,32). The number of hydrogen-bond donors (Lipinski definition) is 3. The Morgan fingerprint density at radius 2 is 1.06 bits per heavy atom. The van der Waals surface area contributed by atoms with Crippen LogP contribution in [-0.2, 0) is 19.2 Å². The van der Waals surface area contributed by atoms with E-state index in [1.54, 1.807) is 4.90 Å². The van der Waals surface area contributed by atoms with Crippen LogP contribution in [0.4, 0.5) is 0 Å². The minimum Gasteiger partial charge on any atom is -0.481 e. The third kappa shape index (κ3) is 14.9. The maximum Gasteiger partial charge on any atom is 0.303 e. The summed E-state index contributed by atoms with van der Waals surface area (Å²) in [6, 6.07) is 0. The third-order valence-corrected chi connectivity index (χ3v) is 6.00. The highest BCUT2D eigenvalue weighted by Crippen LogP contribution is 2.14. The SMILES string of the molecule is CCCC(CCC)C(=O)NCCCN(CCCNC(=O)C(CCC)CCC)C(=O)CCC(=O)O. The minimum absolute atomic E-state index is 0.0381. The zero-order valence-corrected chi connectivity index (χ0v) is 22.0. The first-order chi connectivity index (χ1) is 16.3. The number of carbonyl (C=O) groups excluding carboxylic acids is 3. The Hall–Kier alpha value is -2.12. The van der Waals surface area contributed by atoms with Gasteiger partial charge >= 0.3 is 5.97 Å². The predicted octanol–water partition coefficient (Wildman–Crippen LogP) is 4.13. The molecule has 34 heavy (non-hydrogen) atoms. The van der Waals surface area contributed by atoms with E-state index in [1.165, 1.54) is 0 Å². The molecule has 0 aromatic rings. The Morgan fingerprint density at radius 3 is 1.38 bits per heavy atom. The fraction of sp³-hybridized carbons (Fsp3) is 0.846. The summed E-state index contributed by atoms with van der Waals surface area (Å²) in [6.45, 7) is 10.2. The Balaban J connectivity index is 4.64. The Morgan fingerprint density at radius 1 is 0.676 bits per heavy atom. The van der Waals surface area contributed by atoms with Crippen LogP contribution in [0.25, 0.3) is 0 Å². The van der Waals surface area contributed by atoms with Crippen LogP contribution >= 0.6 is 0 Å². The summed E-state index contributed by atoms with van der Waals surface area (Å²) in [5.41, 5.74) is 0. The van der Waals surface area contributed by atoms with Gasteiger partial charge in [-0.05, 0) is 38.5 Å². The fourth-order valence-electron chi connectivity index (χ4n) is 4.19. The van der Waals surface area contributed by atoms with Gasteiger partial charge in [-0.25, -0.2) is 0 Å². The molecule has 0 atom stereocenters. The minimum atomic E-state index is -0.997. The molecular weight excluding hydrogens is 434 g/mol. The summed E-state index contributed by atoms with van der Waals surface area (Å²) in [4.78, 5) is 49.9. The number of carbonyl (C=O) groups is 4. The summed E-state index contributed by atoms with van der Waals surface area (Å²) >= 11 is 0. The molecule has 0 spiro atoms. The van der Waals surface area contributed by atoms with E-state index in [0.29, 0.717) is 39.0 Å². The highest BCUT2D eigenvalue weighted by molar-refractivity contribution is 5.81. The van der Waals surface area contributed by atoms with E-state index in [-0.39, 0.29) is 42.4 Å². The number of nitrogens with zero attached hydrogens (tertiary/aromatic N) is 1. The van der Waals surface area contributed by atoms with Crippen molar-refractivity contribution in [2.75, 3.05) is 26.2 Å². The molecule has 0 saturated carbocycles. The van der Waals surface area contributed by atoms with Crippen LogP contribution in [0, 0.1) is 11.8 Å². The van der Waals surface area contributed by atoms with Gasteiger partial charge in [0.2, 0.25) is 17.7 Å². The molecule has 0 radical (unpaired) electrons. The summed E-state index contributed by atoms with van der Waals surface area (Å²) < 4.78 is 0. The molecule has 0 saturated heterocycles. The lowest BCUT2D eigenvalue weighted by Crippen LogP contribution is -2.38. The van der Waals surface area contributed by atoms with E-state index >= 15 is 0 Å². The maximum atomic E-state index is 12.5. The topological polar surface area (TPSA) is 116 Å². The van der Waals surface area contributed by atoms with Gasteiger partial charge < -0.3 is 20.6 Å². The summed E-state index contributed by atoms with van der Waals surface area (Å²) in [5.74, 6) is -0.978. The van der Waals surface area contributed by atoms with E-state index in [4.69, 9.17) is 5.11 Å². The monoisotopic (exact) mass is 483 g/mol. The molecule has 198 valence electrons. The highest BCUT2D eigenvalue weighted by Gasteiger charge is 2.19. The van der Waals surface area contributed by atoms with Crippen molar-refractivity contribution in [3.63, 3.8) is 0 Å². The number of carboxylic acids is 1. The number of nitrogens with one attached hydrogen (secondary N) is 2. The second-order valence-corrected chi connectivity index (χ2v) is 9.11. The van der Waals surface area contributed by atoms with E-state index < -0.39 is 5.97 Å². The van der Waals surface area contributed by atoms with Crippen LogP contribution in [-0.4, -0.2) is 59.9 Å². The van der Waals surface area contributed by atoms with E-state index in [1.807, 2.05) is 0 Å².